The van der Waals surface area contributed by atoms with E-state index in [-0.39, 0.29) is 17.9 Å². The lowest BCUT2D eigenvalue weighted by Gasteiger charge is -2.34. The lowest BCUT2D eigenvalue weighted by atomic mass is 9.86. The van der Waals surface area contributed by atoms with Crippen LogP contribution < -0.4 is 0 Å². The summed E-state index contributed by atoms with van der Waals surface area (Å²) >= 11 is 0. The van der Waals surface area contributed by atoms with Crippen molar-refractivity contribution in [2.75, 3.05) is 19.7 Å². The van der Waals surface area contributed by atoms with Gasteiger partial charge in [0.1, 0.15) is 0 Å². The molecule has 4 rings (SSSR count). The molecule has 5 heteroatoms. The molecule has 138 valence electrons. The second kappa shape index (κ2) is 8.18. The minimum absolute atomic E-state index is 0.0000123. The largest absolute Gasteiger partial charge is 0.375 e. The van der Waals surface area contributed by atoms with Gasteiger partial charge in [-0.25, -0.2) is 0 Å². The van der Waals surface area contributed by atoms with E-state index in [4.69, 9.17) is 4.74 Å². The molecule has 1 aromatic heterocycles. The summed E-state index contributed by atoms with van der Waals surface area (Å²) in [6.45, 7) is 1.77. The molecule has 0 aliphatic carbocycles. The van der Waals surface area contributed by atoms with E-state index in [2.05, 4.69) is 58.7 Å². The van der Waals surface area contributed by atoms with Crippen molar-refractivity contribution in [1.82, 2.24) is 15.1 Å². The number of morpholine rings is 1. The number of aromatic nitrogens is 2. The highest BCUT2D eigenvalue weighted by molar-refractivity contribution is 5.93. The Kier molecular flexibility index (Phi) is 5.30. The van der Waals surface area contributed by atoms with E-state index in [1.807, 2.05) is 17.0 Å². The maximum Gasteiger partial charge on any atom is 0.257 e. The van der Waals surface area contributed by atoms with Crippen molar-refractivity contribution in [3.8, 4) is 0 Å². The standard InChI is InChI=1S/C22H23N3O2/c26-22(19-14-23-24-15-19)25-11-12-27-20(16-25)13-21(17-7-3-1-4-8-17)18-9-5-2-6-10-18/h1-10,14-15,20-21H,11-13,16H2,(H,23,24)/t20-/m0/s1. The van der Waals surface area contributed by atoms with Crippen molar-refractivity contribution >= 4 is 5.91 Å². The first kappa shape index (κ1) is 17.5. The summed E-state index contributed by atoms with van der Waals surface area (Å²) in [5.41, 5.74) is 3.13. The molecule has 1 fully saturated rings. The summed E-state index contributed by atoms with van der Waals surface area (Å²) in [5, 5.41) is 6.59. The topological polar surface area (TPSA) is 58.2 Å². The van der Waals surface area contributed by atoms with Gasteiger partial charge < -0.3 is 9.64 Å². The van der Waals surface area contributed by atoms with E-state index in [1.54, 1.807) is 12.4 Å². The van der Waals surface area contributed by atoms with Crippen molar-refractivity contribution < 1.29 is 9.53 Å². The number of ether oxygens (including phenoxy) is 1. The van der Waals surface area contributed by atoms with Crippen LogP contribution in [0.1, 0.15) is 33.8 Å². The number of carbonyl (C=O) groups is 1. The molecule has 1 N–H and O–H groups in total. The van der Waals surface area contributed by atoms with Gasteiger partial charge in [0.2, 0.25) is 0 Å². The van der Waals surface area contributed by atoms with Crippen LogP contribution in [0.4, 0.5) is 0 Å². The molecular weight excluding hydrogens is 338 g/mol. The van der Waals surface area contributed by atoms with Gasteiger partial charge in [0, 0.05) is 25.2 Å². The Labute approximate surface area is 159 Å². The smallest absolute Gasteiger partial charge is 0.257 e. The quantitative estimate of drug-likeness (QED) is 0.757. The maximum absolute atomic E-state index is 12.6. The summed E-state index contributed by atoms with van der Waals surface area (Å²) in [6.07, 6.45) is 4.05. The van der Waals surface area contributed by atoms with Gasteiger partial charge in [-0.15, -0.1) is 0 Å². The molecule has 1 atom stereocenters. The summed E-state index contributed by atoms with van der Waals surface area (Å²) in [5.74, 6) is 0.245. The van der Waals surface area contributed by atoms with Crippen LogP contribution in [-0.2, 0) is 4.74 Å². The van der Waals surface area contributed by atoms with Crippen LogP contribution >= 0.6 is 0 Å². The van der Waals surface area contributed by atoms with Gasteiger partial charge >= 0.3 is 0 Å². The Morgan fingerprint density at radius 1 is 1.11 bits per heavy atom. The number of H-pyrrole nitrogens is 1. The highest BCUT2D eigenvalue weighted by Crippen LogP contribution is 2.31. The van der Waals surface area contributed by atoms with Crippen LogP contribution in [-0.4, -0.2) is 46.8 Å². The second-order valence-corrected chi connectivity index (χ2v) is 6.84. The monoisotopic (exact) mass is 361 g/mol. The Morgan fingerprint density at radius 3 is 2.37 bits per heavy atom. The summed E-state index contributed by atoms with van der Waals surface area (Å²) < 4.78 is 6.03. The first-order valence-electron chi connectivity index (χ1n) is 9.31. The molecule has 0 saturated carbocycles. The number of hydrogen-bond donors (Lipinski definition) is 1. The third kappa shape index (κ3) is 4.09. The Hall–Kier alpha value is -2.92. The van der Waals surface area contributed by atoms with Gasteiger partial charge in [0.25, 0.3) is 5.91 Å². The van der Waals surface area contributed by atoms with Gasteiger partial charge in [-0.1, -0.05) is 60.7 Å². The Bertz CT molecular complexity index is 810. The minimum atomic E-state index is 0.0000123. The molecule has 1 aliphatic heterocycles. The normalized spacial score (nSPS) is 17.2. The Morgan fingerprint density at radius 2 is 1.78 bits per heavy atom. The molecule has 5 nitrogen and oxygen atoms in total. The number of rotatable bonds is 5. The van der Waals surface area contributed by atoms with Gasteiger partial charge in [-0.05, 0) is 17.5 Å². The number of amides is 1. The number of aromatic amines is 1. The summed E-state index contributed by atoms with van der Waals surface area (Å²) in [4.78, 5) is 14.5. The fraction of sp³-hybridized carbons (Fsp3) is 0.273. The van der Waals surface area contributed by atoms with Gasteiger partial charge in [-0.3, -0.25) is 9.89 Å². The van der Waals surface area contributed by atoms with Gasteiger partial charge in [-0.2, -0.15) is 5.10 Å². The van der Waals surface area contributed by atoms with Crippen molar-refractivity contribution in [3.05, 3.63) is 89.7 Å². The van der Waals surface area contributed by atoms with E-state index < -0.39 is 0 Å². The average Bonchev–Trinajstić information content (AvgIpc) is 3.28. The number of nitrogens with zero attached hydrogens (tertiary/aromatic N) is 2. The van der Waals surface area contributed by atoms with Gasteiger partial charge in [0.15, 0.2) is 0 Å². The third-order valence-corrected chi connectivity index (χ3v) is 5.07. The molecule has 0 spiro atoms. The zero-order chi connectivity index (χ0) is 18.5. The minimum Gasteiger partial charge on any atom is -0.375 e. The van der Waals surface area contributed by atoms with Crippen molar-refractivity contribution in [2.24, 2.45) is 0 Å². The molecular formula is C22H23N3O2. The fourth-order valence-corrected chi connectivity index (χ4v) is 3.70. The van der Waals surface area contributed by atoms with Crippen LogP contribution in [0.5, 0.6) is 0 Å². The molecule has 1 aliphatic rings. The zero-order valence-electron chi connectivity index (χ0n) is 15.1. The predicted octanol–water partition coefficient (Wildman–Crippen LogP) is 3.47. The molecule has 1 amide bonds. The number of benzene rings is 2. The first-order chi connectivity index (χ1) is 13.3. The lowest BCUT2D eigenvalue weighted by molar-refractivity contribution is -0.0264. The van der Waals surface area contributed by atoms with E-state index >= 15 is 0 Å². The van der Waals surface area contributed by atoms with Crippen LogP contribution in [0.25, 0.3) is 0 Å². The molecule has 2 aromatic carbocycles. The highest BCUT2D eigenvalue weighted by atomic mass is 16.5. The molecule has 27 heavy (non-hydrogen) atoms. The van der Waals surface area contributed by atoms with Crippen LogP contribution in [0, 0.1) is 0 Å². The van der Waals surface area contributed by atoms with Crippen LogP contribution in [0.2, 0.25) is 0 Å². The highest BCUT2D eigenvalue weighted by Gasteiger charge is 2.28. The Balaban J connectivity index is 1.52. The fourth-order valence-electron chi connectivity index (χ4n) is 3.70. The molecule has 3 aromatic rings. The number of carbonyl (C=O) groups excluding carboxylic acids is 1. The number of hydrogen-bond acceptors (Lipinski definition) is 3. The first-order valence-corrected chi connectivity index (χ1v) is 9.31. The number of nitrogens with one attached hydrogen (secondary N) is 1. The second-order valence-electron chi connectivity index (χ2n) is 6.84. The molecule has 0 bridgehead atoms. The molecule has 0 radical (unpaired) electrons. The summed E-state index contributed by atoms with van der Waals surface area (Å²) in [6, 6.07) is 21.0. The van der Waals surface area contributed by atoms with Crippen molar-refractivity contribution in [1.29, 1.82) is 0 Å². The predicted molar refractivity (Wildman–Crippen MR) is 104 cm³/mol. The lowest BCUT2D eigenvalue weighted by Crippen LogP contribution is -2.46. The summed E-state index contributed by atoms with van der Waals surface area (Å²) in [7, 11) is 0. The molecule has 0 unspecified atom stereocenters. The van der Waals surface area contributed by atoms with Crippen LogP contribution in [0.3, 0.4) is 0 Å². The maximum atomic E-state index is 12.6. The van der Waals surface area contributed by atoms with Crippen molar-refractivity contribution in [2.45, 2.75) is 18.4 Å². The van der Waals surface area contributed by atoms with Crippen LogP contribution in [0.15, 0.2) is 73.1 Å². The van der Waals surface area contributed by atoms with E-state index in [1.165, 1.54) is 11.1 Å². The molecule has 1 saturated heterocycles. The SMILES string of the molecule is O=C(c1cn[nH]c1)N1CCO[C@@H](CC(c2ccccc2)c2ccccc2)C1. The average molecular weight is 361 g/mol. The zero-order valence-corrected chi connectivity index (χ0v) is 15.1. The molecule has 2 heterocycles. The van der Waals surface area contributed by atoms with Crippen molar-refractivity contribution in [3.63, 3.8) is 0 Å². The third-order valence-electron chi connectivity index (χ3n) is 5.07. The van der Waals surface area contributed by atoms with E-state index in [0.29, 0.717) is 25.3 Å². The van der Waals surface area contributed by atoms with E-state index in [0.717, 1.165) is 6.42 Å². The van der Waals surface area contributed by atoms with E-state index in [9.17, 15) is 4.79 Å². The van der Waals surface area contributed by atoms with Gasteiger partial charge in [0.05, 0.1) is 24.5 Å².